The summed E-state index contributed by atoms with van der Waals surface area (Å²) in [7, 11) is 0. The van der Waals surface area contributed by atoms with Crippen molar-refractivity contribution >= 4 is 17.2 Å². The molecule has 1 aliphatic carbocycles. The van der Waals surface area contributed by atoms with E-state index in [1.165, 1.54) is 0 Å². The number of H-pyrrole nitrogens is 1. The van der Waals surface area contributed by atoms with Crippen molar-refractivity contribution in [2.24, 2.45) is 0 Å². The van der Waals surface area contributed by atoms with Gasteiger partial charge in [-0.1, -0.05) is 11.2 Å². The van der Waals surface area contributed by atoms with Gasteiger partial charge in [0.2, 0.25) is 5.89 Å². The first-order valence-corrected chi connectivity index (χ1v) is 9.44. The molecule has 0 aromatic carbocycles. The minimum absolute atomic E-state index is 0.114. The fraction of sp³-hybridized carbons (Fsp3) is 0.333. The number of rotatable bonds is 5. The van der Waals surface area contributed by atoms with Crippen LogP contribution in [0, 0.1) is 0 Å². The maximum absolute atomic E-state index is 12.4. The molecule has 0 saturated carbocycles. The number of aromatic nitrogens is 3. The molecule has 26 heavy (non-hydrogen) atoms. The highest BCUT2D eigenvalue weighted by atomic mass is 32.1. The fourth-order valence-electron chi connectivity index (χ4n) is 3.09. The zero-order valence-corrected chi connectivity index (χ0v) is 14.9. The number of nitrogens with zero attached hydrogens (tertiary/aromatic N) is 2. The van der Waals surface area contributed by atoms with Crippen LogP contribution in [0.3, 0.4) is 0 Å². The Bertz CT molecular complexity index is 975. The number of hydrogen-bond donors (Lipinski definition) is 2. The first kappa shape index (κ1) is 16.7. The third kappa shape index (κ3) is 3.60. The second-order valence-electron chi connectivity index (χ2n) is 6.27. The van der Waals surface area contributed by atoms with Crippen molar-refractivity contribution in [3.8, 4) is 0 Å². The van der Waals surface area contributed by atoms with Gasteiger partial charge in [-0.15, -0.1) is 11.3 Å². The molecule has 0 unspecified atom stereocenters. The Balaban J connectivity index is 1.41. The number of aryl methyl sites for hydroxylation is 2. The molecule has 0 atom stereocenters. The van der Waals surface area contributed by atoms with Crippen molar-refractivity contribution in [1.82, 2.24) is 20.4 Å². The zero-order chi connectivity index (χ0) is 17.9. The number of thiophene rings is 1. The number of amides is 1. The number of aromatic amines is 1. The summed E-state index contributed by atoms with van der Waals surface area (Å²) in [6.07, 6.45) is 4.48. The van der Waals surface area contributed by atoms with E-state index >= 15 is 0 Å². The molecule has 0 fully saturated rings. The van der Waals surface area contributed by atoms with Crippen LogP contribution in [0.15, 0.2) is 32.9 Å². The number of hydrogen-bond acceptors (Lipinski definition) is 6. The minimum Gasteiger partial charge on any atom is -0.344 e. The van der Waals surface area contributed by atoms with E-state index in [0.29, 0.717) is 18.1 Å². The van der Waals surface area contributed by atoms with E-state index in [1.807, 2.05) is 17.5 Å². The van der Waals surface area contributed by atoms with Gasteiger partial charge in [0, 0.05) is 10.6 Å². The van der Waals surface area contributed by atoms with E-state index in [0.717, 1.165) is 41.8 Å². The predicted molar refractivity (Wildman–Crippen MR) is 96.3 cm³/mol. The van der Waals surface area contributed by atoms with E-state index in [1.54, 1.807) is 17.4 Å². The second kappa shape index (κ2) is 7.25. The van der Waals surface area contributed by atoms with Gasteiger partial charge in [0.05, 0.1) is 13.0 Å². The quantitative estimate of drug-likeness (QED) is 0.717. The van der Waals surface area contributed by atoms with Crippen LogP contribution in [0.4, 0.5) is 0 Å². The monoisotopic (exact) mass is 370 g/mol. The molecule has 0 radical (unpaired) electrons. The SMILES string of the molecule is O=C(NCc1noc(Cc2cccs2)n1)c1cc2c([nH]c1=O)CCCC2. The summed E-state index contributed by atoms with van der Waals surface area (Å²) in [6, 6.07) is 5.67. The molecule has 0 bridgehead atoms. The lowest BCUT2D eigenvalue weighted by molar-refractivity contribution is 0.0948. The topological polar surface area (TPSA) is 101 Å². The Hall–Kier alpha value is -2.74. The first-order valence-electron chi connectivity index (χ1n) is 8.56. The molecule has 3 aromatic heterocycles. The smallest absolute Gasteiger partial charge is 0.261 e. The van der Waals surface area contributed by atoms with Crippen LogP contribution in [-0.2, 0) is 25.8 Å². The third-order valence-electron chi connectivity index (χ3n) is 4.41. The summed E-state index contributed by atoms with van der Waals surface area (Å²) < 4.78 is 5.20. The zero-order valence-electron chi connectivity index (χ0n) is 14.1. The van der Waals surface area contributed by atoms with Crippen molar-refractivity contribution in [3.05, 3.63) is 67.3 Å². The Labute approximate surface area is 153 Å². The molecule has 8 heteroatoms. The van der Waals surface area contributed by atoms with Crippen LogP contribution >= 0.6 is 11.3 Å². The van der Waals surface area contributed by atoms with E-state index in [4.69, 9.17) is 4.52 Å². The Kier molecular flexibility index (Phi) is 4.66. The van der Waals surface area contributed by atoms with E-state index in [-0.39, 0.29) is 17.7 Å². The lowest BCUT2D eigenvalue weighted by Gasteiger charge is -2.15. The van der Waals surface area contributed by atoms with E-state index < -0.39 is 5.91 Å². The molecular weight excluding hydrogens is 352 g/mol. The summed E-state index contributed by atoms with van der Waals surface area (Å²) in [6.45, 7) is 0.114. The largest absolute Gasteiger partial charge is 0.344 e. The highest BCUT2D eigenvalue weighted by Crippen LogP contribution is 2.18. The van der Waals surface area contributed by atoms with Gasteiger partial charge in [-0.05, 0) is 48.8 Å². The second-order valence-corrected chi connectivity index (χ2v) is 7.30. The molecule has 0 saturated heterocycles. The molecule has 0 aliphatic heterocycles. The Morgan fingerprint density at radius 3 is 3.08 bits per heavy atom. The maximum Gasteiger partial charge on any atom is 0.261 e. The van der Waals surface area contributed by atoms with Crippen LogP contribution in [0.2, 0.25) is 0 Å². The molecule has 3 aromatic rings. The Morgan fingerprint density at radius 1 is 1.35 bits per heavy atom. The van der Waals surface area contributed by atoms with Crippen LogP contribution in [-0.4, -0.2) is 21.0 Å². The van der Waals surface area contributed by atoms with Gasteiger partial charge in [-0.3, -0.25) is 9.59 Å². The summed E-state index contributed by atoms with van der Waals surface area (Å²) in [5.41, 5.74) is 1.79. The number of fused-ring (bicyclic) bond motifs is 1. The van der Waals surface area contributed by atoms with Crippen molar-refractivity contribution < 1.29 is 9.32 Å². The summed E-state index contributed by atoms with van der Waals surface area (Å²) in [5, 5.41) is 8.56. The average molecular weight is 370 g/mol. The van der Waals surface area contributed by atoms with Crippen LogP contribution in [0.1, 0.15) is 51.0 Å². The molecule has 7 nitrogen and oxygen atoms in total. The minimum atomic E-state index is -0.427. The van der Waals surface area contributed by atoms with Crippen molar-refractivity contribution in [2.45, 2.75) is 38.6 Å². The number of nitrogens with one attached hydrogen (secondary N) is 2. The Morgan fingerprint density at radius 2 is 2.23 bits per heavy atom. The van der Waals surface area contributed by atoms with E-state index in [2.05, 4.69) is 20.4 Å². The highest BCUT2D eigenvalue weighted by Gasteiger charge is 2.17. The highest BCUT2D eigenvalue weighted by molar-refractivity contribution is 7.09. The van der Waals surface area contributed by atoms with Gasteiger partial charge in [-0.2, -0.15) is 4.98 Å². The molecule has 4 rings (SSSR count). The lowest BCUT2D eigenvalue weighted by atomic mass is 9.95. The van der Waals surface area contributed by atoms with Crippen molar-refractivity contribution in [3.63, 3.8) is 0 Å². The lowest BCUT2D eigenvalue weighted by Crippen LogP contribution is -2.31. The summed E-state index contributed by atoms with van der Waals surface area (Å²) in [5.74, 6) is 0.465. The van der Waals surface area contributed by atoms with Gasteiger partial charge in [0.1, 0.15) is 5.56 Å². The molecule has 1 amide bonds. The number of carbonyl (C=O) groups is 1. The third-order valence-corrected chi connectivity index (χ3v) is 5.28. The van der Waals surface area contributed by atoms with Gasteiger partial charge >= 0.3 is 0 Å². The van der Waals surface area contributed by atoms with Gasteiger partial charge in [0.15, 0.2) is 5.82 Å². The summed E-state index contributed by atoms with van der Waals surface area (Å²) in [4.78, 5) is 32.8. The molecule has 1 aliphatic rings. The van der Waals surface area contributed by atoms with Crippen LogP contribution in [0.5, 0.6) is 0 Å². The molecule has 0 spiro atoms. The predicted octanol–water partition coefficient (Wildman–Crippen LogP) is 2.22. The van der Waals surface area contributed by atoms with Crippen molar-refractivity contribution in [2.75, 3.05) is 0 Å². The van der Waals surface area contributed by atoms with E-state index in [9.17, 15) is 9.59 Å². The van der Waals surface area contributed by atoms with Gasteiger partial charge in [0.25, 0.3) is 11.5 Å². The standard InChI is InChI=1S/C18H18N4O3S/c23-17(13-8-11-4-1-2-6-14(11)20-18(13)24)19-10-15-21-16(25-22-15)9-12-5-3-7-26-12/h3,5,7-8H,1-2,4,6,9-10H2,(H,19,23)(H,20,24). The fourth-order valence-corrected chi connectivity index (χ4v) is 3.79. The number of carbonyl (C=O) groups excluding carboxylic acids is 1. The molecule has 2 N–H and O–H groups in total. The number of pyridine rings is 1. The van der Waals surface area contributed by atoms with Crippen LogP contribution < -0.4 is 10.9 Å². The van der Waals surface area contributed by atoms with Gasteiger partial charge < -0.3 is 14.8 Å². The van der Waals surface area contributed by atoms with Crippen molar-refractivity contribution in [1.29, 1.82) is 0 Å². The summed E-state index contributed by atoms with van der Waals surface area (Å²) >= 11 is 1.62. The maximum atomic E-state index is 12.4. The molecule has 3 heterocycles. The first-order chi connectivity index (χ1) is 12.7. The van der Waals surface area contributed by atoms with Gasteiger partial charge in [-0.25, -0.2) is 0 Å². The molecular formula is C18H18N4O3S. The van der Waals surface area contributed by atoms with Crippen LogP contribution in [0.25, 0.3) is 0 Å². The normalized spacial score (nSPS) is 13.4. The molecule has 134 valence electrons. The average Bonchev–Trinajstić information content (AvgIpc) is 3.31.